The third-order valence-corrected chi connectivity index (χ3v) is 3.76. The zero-order chi connectivity index (χ0) is 15.4. The van der Waals surface area contributed by atoms with Gasteiger partial charge in [0.1, 0.15) is 6.54 Å². The molecule has 0 aliphatic carbocycles. The Morgan fingerprint density at radius 1 is 1.33 bits per heavy atom. The van der Waals surface area contributed by atoms with Crippen LogP contribution < -0.4 is 0 Å². The lowest BCUT2D eigenvalue weighted by molar-refractivity contribution is -0.141. The number of hydrogen-bond acceptors (Lipinski definition) is 5. The van der Waals surface area contributed by atoms with Crippen molar-refractivity contribution in [1.29, 1.82) is 0 Å². The highest BCUT2D eigenvalue weighted by Crippen LogP contribution is 2.21. The van der Waals surface area contributed by atoms with Gasteiger partial charge in [-0.05, 0) is 30.5 Å². The Labute approximate surface area is 127 Å². The van der Waals surface area contributed by atoms with Crippen LogP contribution in [-0.2, 0) is 9.53 Å². The minimum absolute atomic E-state index is 0.0823. The molecule has 6 heteroatoms. The number of aromatic nitrogens is 1. The molecule has 2 aromatic heterocycles. The molecule has 0 aliphatic heterocycles. The van der Waals surface area contributed by atoms with Crippen LogP contribution in [0.1, 0.15) is 16.1 Å². The zero-order valence-electron chi connectivity index (χ0n) is 12.1. The molecule has 0 aliphatic rings. The van der Waals surface area contributed by atoms with Gasteiger partial charge in [-0.25, -0.2) is 0 Å². The Morgan fingerprint density at radius 3 is 2.67 bits per heavy atom. The van der Waals surface area contributed by atoms with Crippen molar-refractivity contribution in [2.24, 2.45) is 0 Å². The molecule has 0 saturated carbocycles. The first-order valence-electron chi connectivity index (χ1n) is 6.35. The van der Waals surface area contributed by atoms with Crippen molar-refractivity contribution in [1.82, 2.24) is 9.88 Å². The van der Waals surface area contributed by atoms with Crippen molar-refractivity contribution in [3.05, 3.63) is 40.2 Å². The fourth-order valence-corrected chi connectivity index (χ4v) is 2.54. The van der Waals surface area contributed by atoms with Crippen LogP contribution in [0.4, 0.5) is 0 Å². The van der Waals surface area contributed by atoms with E-state index in [1.165, 1.54) is 12.0 Å². The molecule has 0 fully saturated rings. The minimum Gasteiger partial charge on any atom is -0.468 e. The first kappa shape index (κ1) is 15.2. The molecule has 21 heavy (non-hydrogen) atoms. The van der Waals surface area contributed by atoms with Gasteiger partial charge in [-0.2, -0.15) is 11.3 Å². The monoisotopic (exact) mass is 304 g/mol. The van der Waals surface area contributed by atoms with Gasteiger partial charge in [0.15, 0.2) is 0 Å². The third kappa shape index (κ3) is 3.46. The molecule has 0 spiro atoms. The van der Waals surface area contributed by atoms with E-state index < -0.39 is 5.97 Å². The highest BCUT2D eigenvalue weighted by atomic mass is 32.1. The fourth-order valence-electron chi connectivity index (χ4n) is 1.89. The number of pyridine rings is 1. The molecule has 0 N–H and O–H groups in total. The summed E-state index contributed by atoms with van der Waals surface area (Å²) in [6, 6.07) is 5.54. The number of hydrogen-bond donors (Lipinski definition) is 0. The van der Waals surface area contributed by atoms with E-state index >= 15 is 0 Å². The summed E-state index contributed by atoms with van der Waals surface area (Å²) in [5, 5.41) is 3.99. The molecule has 0 atom stereocenters. The molecule has 2 heterocycles. The Bertz CT molecular complexity index is 653. The summed E-state index contributed by atoms with van der Waals surface area (Å²) in [4.78, 5) is 29.3. The first-order valence-corrected chi connectivity index (χ1v) is 7.29. The first-order chi connectivity index (χ1) is 10.0. The number of amides is 1. The number of likely N-dealkylation sites (N-methyl/N-ethyl adjacent to an activating group) is 1. The molecule has 110 valence electrons. The molecular formula is C15H16N2O3S. The van der Waals surface area contributed by atoms with E-state index in [1.54, 1.807) is 31.4 Å². The summed E-state index contributed by atoms with van der Waals surface area (Å²) in [5.74, 6) is -0.700. The Hall–Kier alpha value is -2.21. The van der Waals surface area contributed by atoms with Crippen molar-refractivity contribution in [3.63, 3.8) is 0 Å². The molecule has 0 bridgehead atoms. The average Bonchev–Trinajstić information content (AvgIpc) is 3.00. The second kappa shape index (κ2) is 6.49. The number of thiophene rings is 1. The summed E-state index contributed by atoms with van der Waals surface area (Å²) in [6.45, 7) is 1.70. The van der Waals surface area contributed by atoms with Gasteiger partial charge in [0.2, 0.25) is 0 Å². The molecule has 0 unspecified atom stereocenters. The normalized spacial score (nSPS) is 10.2. The van der Waals surface area contributed by atoms with E-state index in [-0.39, 0.29) is 12.5 Å². The highest BCUT2D eigenvalue weighted by Gasteiger charge is 2.18. The second-order valence-electron chi connectivity index (χ2n) is 4.58. The number of rotatable bonds is 4. The molecule has 2 rings (SSSR count). The number of carbonyl (C=O) groups is 2. The molecular weight excluding hydrogens is 288 g/mol. The minimum atomic E-state index is -0.452. The molecule has 0 radical (unpaired) electrons. The largest absolute Gasteiger partial charge is 0.468 e. The van der Waals surface area contributed by atoms with E-state index in [9.17, 15) is 9.59 Å². The summed E-state index contributed by atoms with van der Waals surface area (Å²) in [6.07, 6.45) is 0. The van der Waals surface area contributed by atoms with Crippen LogP contribution in [0.3, 0.4) is 0 Å². The fraction of sp³-hybridized carbons (Fsp3) is 0.267. The number of carbonyl (C=O) groups excluding carboxylic acids is 2. The lowest BCUT2D eigenvalue weighted by Crippen LogP contribution is -2.33. The third-order valence-electron chi connectivity index (χ3n) is 3.07. The average molecular weight is 304 g/mol. The summed E-state index contributed by atoms with van der Waals surface area (Å²) >= 11 is 1.60. The van der Waals surface area contributed by atoms with Crippen molar-refractivity contribution in [3.8, 4) is 11.3 Å². The number of aryl methyl sites for hydroxylation is 1. The van der Waals surface area contributed by atoms with Crippen molar-refractivity contribution in [2.75, 3.05) is 20.7 Å². The van der Waals surface area contributed by atoms with Gasteiger partial charge in [-0.15, -0.1) is 0 Å². The van der Waals surface area contributed by atoms with Gasteiger partial charge in [0.05, 0.1) is 24.1 Å². The predicted molar refractivity (Wildman–Crippen MR) is 81.3 cm³/mol. The maximum atomic E-state index is 12.3. The number of esters is 1. The van der Waals surface area contributed by atoms with Crippen LogP contribution in [0.2, 0.25) is 0 Å². The van der Waals surface area contributed by atoms with Crippen LogP contribution in [0.25, 0.3) is 11.3 Å². The second-order valence-corrected chi connectivity index (χ2v) is 5.36. The van der Waals surface area contributed by atoms with Crippen LogP contribution in [0, 0.1) is 6.92 Å². The maximum Gasteiger partial charge on any atom is 0.325 e. The van der Waals surface area contributed by atoms with Crippen molar-refractivity contribution < 1.29 is 14.3 Å². The van der Waals surface area contributed by atoms with Crippen LogP contribution >= 0.6 is 11.3 Å². The zero-order valence-corrected chi connectivity index (χ0v) is 12.9. The molecule has 1 amide bonds. The maximum absolute atomic E-state index is 12.3. The standard InChI is InChI=1S/C15H16N2O3S/c1-10-12(15(19)17(2)8-14(18)20-3)4-5-13(16-10)11-6-7-21-9-11/h4-7,9H,8H2,1-3H3. The molecule has 5 nitrogen and oxygen atoms in total. The van der Waals surface area contributed by atoms with Crippen molar-refractivity contribution in [2.45, 2.75) is 6.92 Å². The van der Waals surface area contributed by atoms with E-state index in [0.717, 1.165) is 11.3 Å². The topological polar surface area (TPSA) is 59.5 Å². The van der Waals surface area contributed by atoms with Gasteiger partial charge < -0.3 is 9.64 Å². The van der Waals surface area contributed by atoms with E-state index in [1.807, 2.05) is 22.9 Å². The van der Waals surface area contributed by atoms with Gasteiger partial charge in [0, 0.05) is 18.0 Å². The molecule has 0 aromatic carbocycles. The molecule has 0 saturated heterocycles. The number of nitrogens with zero attached hydrogens (tertiary/aromatic N) is 2. The Morgan fingerprint density at radius 2 is 2.10 bits per heavy atom. The van der Waals surface area contributed by atoms with Gasteiger partial charge >= 0.3 is 5.97 Å². The van der Waals surface area contributed by atoms with E-state index in [0.29, 0.717) is 11.3 Å². The van der Waals surface area contributed by atoms with Crippen LogP contribution in [-0.4, -0.2) is 42.5 Å². The van der Waals surface area contributed by atoms with E-state index in [4.69, 9.17) is 0 Å². The predicted octanol–water partition coefficient (Wildman–Crippen LogP) is 2.36. The van der Waals surface area contributed by atoms with Crippen LogP contribution in [0.5, 0.6) is 0 Å². The van der Waals surface area contributed by atoms with E-state index in [2.05, 4.69) is 9.72 Å². The number of methoxy groups -OCH3 is 1. The summed E-state index contributed by atoms with van der Waals surface area (Å²) in [5.41, 5.74) is 2.99. The lowest BCUT2D eigenvalue weighted by Gasteiger charge is -2.16. The van der Waals surface area contributed by atoms with Gasteiger partial charge in [-0.1, -0.05) is 0 Å². The Kier molecular flexibility index (Phi) is 4.70. The quantitative estimate of drug-likeness (QED) is 0.814. The summed E-state index contributed by atoms with van der Waals surface area (Å²) in [7, 11) is 2.86. The van der Waals surface area contributed by atoms with Crippen LogP contribution in [0.15, 0.2) is 29.0 Å². The molecule has 2 aromatic rings. The lowest BCUT2D eigenvalue weighted by atomic mass is 10.1. The SMILES string of the molecule is COC(=O)CN(C)C(=O)c1ccc(-c2ccsc2)nc1C. The smallest absolute Gasteiger partial charge is 0.325 e. The van der Waals surface area contributed by atoms with Gasteiger partial charge in [-0.3, -0.25) is 14.6 Å². The van der Waals surface area contributed by atoms with Gasteiger partial charge in [0.25, 0.3) is 5.91 Å². The number of ether oxygens (including phenoxy) is 1. The summed E-state index contributed by atoms with van der Waals surface area (Å²) < 4.78 is 4.56. The highest BCUT2D eigenvalue weighted by molar-refractivity contribution is 7.08. The van der Waals surface area contributed by atoms with Crippen molar-refractivity contribution >= 4 is 23.2 Å². The Balaban J connectivity index is 2.21.